The third-order valence-corrected chi connectivity index (χ3v) is 3.39. The molecule has 0 aliphatic carbocycles. The number of nitrogens with zero attached hydrogens (tertiary/aromatic N) is 2. The Kier molecular flexibility index (Phi) is 3.23. The van der Waals surface area contributed by atoms with Crippen LogP contribution < -0.4 is 11.4 Å². The van der Waals surface area contributed by atoms with E-state index in [2.05, 4.69) is 20.9 Å². The fraction of sp³-hybridized carbons (Fsp3) is 0.0714. The van der Waals surface area contributed by atoms with E-state index in [9.17, 15) is 9.59 Å². The van der Waals surface area contributed by atoms with Crippen LogP contribution in [0.3, 0.4) is 0 Å². The summed E-state index contributed by atoms with van der Waals surface area (Å²) in [6, 6.07) is 10.8. The lowest BCUT2D eigenvalue weighted by Gasteiger charge is -2.07. The zero-order valence-corrected chi connectivity index (χ0v) is 11.8. The van der Waals surface area contributed by atoms with E-state index in [0.717, 1.165) is 10.0 Å². The standard InChI is InChI=1S/C14H9BrN2O3/c15-10-4-1-3-9(7-10)8-17-12-11(5-2-6-16-12)13(18)20-14(17)19/h1-7H,8H2. The second-order valence-electron chi connectivity index (χ2n) is 4.25. The molecule has 5 nitrogen and oxygen atoms in total. The lowest BCUT2D eigenvalue weighted by atomic mass is 10.2. The van der Waals surface area contributed by atoms with Crippen molar-refractivity contribution in [2.24, 2.45) is 0 Å². The van der Waals surface area contributed by atoms with Gasteiger partial charge in [0, 0.05) is 10.7 Å². The van der Waals surface area contributed by atoms with Gasteiger partial charge in [0.05, 0.1) is 6.54 Å². The van der Waals surface area contributed by atoms with E-state index >= 15 is 0 Å². The van der Waals surface area contributed by atoms with Crippen LogP contribution in [0.5, 0.6) is 0 Å². The molecule has 0 amide bonds. The highest BCUT2D eigenvalue weighted by molar-refractivity contribution is 9.10. The van der Waals surface area contributed by atoms with Crippen LogP contribution in [0.2, 0.25) is 0 Å². The SMILES string of the molecule is O=c1oc(=O)n(Cc2cccc(Br)c2)c2ncccc12. The van der Waals surface area contributed by atoms with Crippen molar-refractivity contribution in [3.63, 3.8) is 0 Å². The molecule has 0 fully saturated rings. The predicted molar refractivity (Wildman–Crippen MR) is 77.8 cm³/mol. The monoisotopic (exact) mass is 332 g/mol. The summed E-state index contributed by atoms with van der Waals surface area (Å²) in [7, 11) is 0. The maximum Gasteiger partial charge on any atom is 0.423 e. The quantitative estimate of drug-likeness (QED) is 0.721. The van der Waals surface area contributed by atoms with E-state index < -0.39 is 11.4 Å². The lowest BCUT2D eigenvalue weighted by Crippen LogP contribution is -2.26. The Morgan fingerprint density at radius 1 is 1.20 bits per heavy atom. The summed E-state index contributed by atoms with van der Waals surface area (Å²) in [6.07, 6.45) is 1.54. The van der Waals surface area contributed by atoms with Crippen molar-refractivity contribution in [3.8, 4) is 0 Å². The summed E-state index contributed by atoms with van der Waals surface area (Å²) in [4.78, 5) is 27.6. The van der Waals surface area contributed by atoms with E-state index in [4.69, 9.17) is 4.42 Å². The number of hydrogen-bond donors (Lipinski definition) is 0. The molecule has 0 saturated heterocycles. The number of halogens is 1. The summed E-state index contributed by atoms with van der Waals surface area (Å²) in [5.41, 5.74) is 0.569. The number of hydrogen-bond acceptors (Lipinski definition) is 4. The van der Waals surface area contributed by atoms with Crippen LogP contribution in [-0.4, -0.2) is 9.55 Å². The third-order valence-electron chi connectivity index (χ3n) is 2.89. The fourth-order valence-electron chi connectivity index (χ4n) is 2.00. The van der Waals surface area contributed by atoms with Crippen molar-refractivity contribution in [2.75, 3.05) is 0 Å². The van der Waals surface area contributed by atoms with Crippen LogP contribution in [-0.2, 0) is 6.54 Å². The number of fused-ring (bicyclic) bond motifs is 1. The van der Waals surface area contributed by atoms with Gasteiger partial charge in [-0.2, -0.15) is 0 Å². The Balaban J connectivity index is 2.21. The molecular formula is C14H9BrN2O3. The van der Waals surface area contributed by atoms with Crippen molar-refractivity contribution in [1.82, 2.24) is 9.55 Å². The van der Waals surface area contributed by atoms with Gasteiger partial charge in [-0.3, -0.25) is 4.57 Å². The van der Waals surface area contributed by atoms with Crippen LogP contribution >= 0.6 is 15.9 Å². The molecule has 3 aromatic rings. The van der Waals surface area contributed by atoms with Crippen LogP contribution in [0.4, 0.5) is 0 Å². The molecule has 0 saturated carbocycles. The highest BCUT2D eigenvalue weighted by Crippen LogP contribution is 2.13. The number of aromatic nitrogens is 2. The Bertz CT molecular complexity index is 899. The van der Waals surface area contributed by atoms with Crippen LogP contribution in [0.25, 0.3) is 11.0 Å². The first-order valence-electron chi connectivity index (χ1n) is 5.88. The normalized spacial score (nSPS) is 10.8. The Morgan fingerprint density at radius 3 is 2.85 bits per heavy atom. The Hall–Kier alpha value is -2.21. The summed E-state index contributed by atoms with van der Waals surface area (Å²) >= 11 is 3.38. The van der Waals surface area contributed by atoms with Gasteiger partial charge in [0.1, 0.15) is 5.39 Å². The molecule has 2 aromatic heterocycles. The second kappa shape index (κ2) is 5.05. The van der Waals surface area contributed by atoms with Gasteiger partial charge in [-0.25, -0.2) is 14.6 Å². The second-order valence-corrected chi connectivity index (χ2v) is 5.16. The molecule has 0 N–H and O–H groups in total. The molecule has 1 aromatic carbocycles. The van der Waals surface area contributed by atoms with Gasteiger partial charge in [0.2, 0.25) is 0 Å². The minimum atomic E-state index is -0.707. The number of benzene rings is 1. The smallest absolute Gasteiger partial charge is 0.372 e. The highest BCUT2D eigenvalue weighted by atomic mass is 79.9. The largest absolute Gasteiger partial charge is 0.423 e. The third kappa shape index (κ3) is 2.30. The van der Waals surface area contributed by atoms with E-state index in [1.165, 1.54) is 4.57 Å². The van der Waals surface area contributed by atoms with E-state index in [1.54, 1.807) is 18.3 Å². The molecule has 3 rings (SSSR count). The minimum Gasteiger partial charge on any atom is -0.372 e. The van der Waals surface area contributed by atoms with E-state index in [1.807, 2.05) is 24.3 Å². The van der Waals surface area contributed by atoms with Gasteiger partial charge >= 0.3 is 11.4 Å². The highest BCUT2D eigenvalue weighted by Gasteiger charge is 2.10. The molecule has 2 heterocycles. The summed E-state index contributed by atoms with van der Waals surface area (Å²) in [6.45, 7) is 0.287. The summed E-state index contributed by atoms with van der Waals surface area (Å²) in [5, 5.41) is 0.294. The van der Waals surface area contributed by atoms with Crippen LogP contribution in [0.1, 0.15) is 5.56 Å². The molecule has 100 valence electrons. The molecule has 20 heavy (non-hydrogen) atoms. The molecule has 0 unspecified atom stereocenters. The van der Waals surface area contributed by atoms with Gasteiger partial charge in [-0.1, -0.05) is 28.1 Å². The molecule has 0 spiro atoms. The van der Waals surface area contributed by atoms with Crippen molar-refractivity contribution < 1.29 is 4.42 Å². The van der Waals surface area contributed by atoms with E-state index in [0.29, 0.717) is 11.0 Å². The van der Waals surface area contributed by atoms with Gasteiger partial charge in [-0.15, -0.1) is 0 Å². The Labute approximate surface area is 121 Å². The van der Waals surface area contributed by atoms with Crippen LogP contribution in [0.15, 0.2) is 61.1 Å². The molecule has 6 heteroatoms. The first kappa shape index (κ1) is 12.8. The molecule has 0 aliphatic heterocycles. The predicted octanol–water partition coefficient (Wildman–Crippen LogP) is 2.16. The zero-order chi connectivity index (χ0) is 14.1. The number of pyridine rings is 1. The minimum absolute atomic E-state index is 0.287. The molecule has 0 aliphatic rings. The van der Waals surface area contributed by atoms with Crippen molar-refractivity contribution in [1.29, 1.82) is 0 Å². The van der Waals surface area contributed by atoms with Crippen molar-refractivity contribution in [2.45, 2.75) is 6.54 Å². The van der Waals surface area contributed by atoms with Gasteiger partial charge in [0.15, 0.2) is 5.65 Å². The maximum atomic E-state index is 11.9. The first-order chi connectivity index (χ1) is 9.65. The molecular weight excluding hydrogens is 324 g/mol. The average molecular weight is 333 g/mol. The molecule has 0 atom stereocenters. The lowest BCUT2D eigenvalue weighted by molar-refractivity contribution is 0.423. The Morgan fingerprint density at radius 2 is 2.05 bits per heavy atom. The van der Waals surface area contributed by atoms with Gasteiger partial charge in [0.25, 0.3) is 0 Å². The molecule has 0 bridgehead atoms. The fourth-order valence-corrected chi connectivity index (χ4v) is 2.45. The summed E-state index contributed by atoms with van der Waals surface area (Å²) in [5.74, 6) is -0.707. The first-order valence-corrected chi connectivity index (χ1v) is 6.67. The van der Waals surface area contributed by atoms with Crippen molar-refractivity contribution in [3.05, 3.63) is 73.6 Å². The maximum absolute atomic E-state index is 11.9. The molecule has 0 radical (unpaired) electrons. The van der Waals surface area contributed by atoms with Crippen LogP contribution in [0, 0.1) is 0 Å². The average Bonchev–Trinajstić information content (AvgIpc) is 2.43. The zero-order valence-electron chi connectivity index (χ0n) is 10.2. The number of rotatable bonds is 2. The van der Waals surface area contributed by atoms with Gasteiger partial charge in [-0.05, 0) is 29.8 Å². The van der Waals surface area contributed by atoms with E-state index in [-0.39, 0.29) is 6.54 Å². The van der Waals surface area contributed by atoms with Gasteiger partial charge < -0.3 is 4.42 Å². The van der Waals surface area contributed by atoms with Crippen molar-refractivity contribution >= 4 is 27.0 Å². The topological polar surface area (TPSA) is 65.1 Å². The summed E-state index contributed by atoms with van der Waals surface area (Å²) < 4.78 is 6.98.